The molecular weight excluding hydrogens is 401 g/mol. The summed E-state index contributed by atoms with van der Waals surface area (Å²) in [7, 11) is 1.64. The Morgan fingerprint density at radius 3 is 2.66 bits per heavy atom. The second kappa shape index (κ2) is 9.11. The lowest BCUT2D eigenvalue weighted by Gasteiger charge is -2.24. The lowest BCUT2D eigenvalue weighted by Crippen LogP contribution is -2.46. The molecule has 0 fully saturated rings. The summed E-state index contributed by atoms with van der Waals surface area (Å²) in [6.07, 6.45) is 0. The number of nitrogens with one attached hydrogen (secondary N) is 2. The molecule has 3 rings (SSSR count). The molecule has 2 N–H and O–H groups in total. The van der Waals surface area contributed by atoms with Gasteiger partial charge in [0.25, 0.3) is 0 Å². The van der Waals surface area contributed by atoms with Gasteiger partial charge >= 0.3 is 6.03 Å². The fourth-order valence-electron chi connectivity index (χ4n) is 2.77. The van der Waals surface area contributed by atoms with Crippen LogP contribution < -0.4 is 20.1 Å². The average Bonchev–Trinajstić information content (AvgIpc) is 2.69. The number of carbonyl (C=O) groups excluding carboxylic acids is 2. The summed E-state index contributed by atoms with van der Waals surface area (Å²) >= 11 is 6.03. The minimum Gasteiger partial charge on any atom is -0.486 e. The first kappa shape index (κ1) is 20.9. The number of hydrogen-bond donors (Lipinski definition) is 2. The van der Waals surface area contributed by atoms with Crippen LogP contribution in [0.15, 0.2) is 36.4 Å². The second-order valence-electron chi connectivity index (χ2n) is 6.59. The number of ether oxygens (including phenoxy) is 2. The smallest absolute Gasteiger partial charge is 0.325 e. The van der Waals surface area contributed by atoms with Crippen LogP contribution in [0, 0.1) is 5.82 Å². The van der Waals surface area contributed by atoms with E-state index in [4.69, 9.17) is 21.1 Å². The van der Waals surface area contributed by atoms with Gasteiger partial charge in [0.15, 0.2) is 11.5 Å². The molecule has 3 amide bonds. The molecule has 0 radical (unpaired) electrons. The van der Waals surface area contributed by atoms with Crippen LogP contribution in [0.1, 0.15) is 12.5 Å². The molecule has 1 aliphatic rings. The maximum absolute atomic E-state index is 14.0. The quantitative estimate of drug-likeness (QED) is 0.773. The van der Waals surface area contributed by atoms with E-state index in [0.29, 0.717) is 30.4 Å². The largest absolute Gasteiger partial charge is 0.486 e. The van der Waals surface area contributed by atoms with Crippen molar-refractivity contribution < 1.29 is 23.5 Å². The highest BCUT2D eigenvalue weighted by molar-refractivity contribution is 6.31. The molecular formula is C20H21ClFN3O4. The van der Waals surface area contributed by atoms with Crippen LogP contribution in [-0.2, 0) is 11.3 Å². The third-order valence-electron chi connectivity index (χ3n) is 4.55. The Bertz CT molecular complexity index is 904. The second-order valence-corrected chi connectivity index (χ2v) is 7.00. The SMILES string of the molecule is CC(C(=O)NC(=O)Nc1ccc2c(c1)OCCO2)N(C)Cc1c(F)cccc1Cl. The number of anilines is 1. The number of nitrogens with zero attached hydrogens (tertiary/aromatic N) is 1. The highest BCUT2D eigenvalue weighted by atomic mass is 35.5. The van der Waals surface area contributed by atoms with Crippen molar-refractivity contribution in [1.82, 2.24) is 10.2 Å². The molecule has 2 aromatic carbocycles. The fourth-order valence-corrected chi connectivity index (χ4v) is 2.99. The van der Waals surface area contributed by atoms with Crippen molar-refractivity contribution in [2.24, 2.45) is 0 Å². The van der Waals surface area contributed by atoms with Crippen molar-refractivity contribution in [3.8, 4) is 11.5 Å². The predicted octanol–water partition coefficient (Wildman–Crippen LogP) is 3.42. The zero-order valence-corrected chi connectivity index (χ0v) is 16.8. The lowest BCUT2D eigenvalue weighted by molar-refractivity contribution is -0.124. The molecule has 1 aliphatic heterocycles. The van der Waals surface area contributed by atoms with Crippen molar-refractivity contribution >= 4 is 29.2 Å². The molecule has 154 valence electrons. The van der Waals surface area contributed by atoms with Crippen molar-refractivity contribution in [2.45, 2.75) is 19.5 Å². The summed E-state index contributed by atoms with van der Waals surface area (Å²) in [4.78, 5) is 26.2. The maximum Gasteiger partial charge on any atom is 0.325 e. The third-order valence-corrected chi connectivity index (χ3v) is 4.90. The summed E-state index contributed by atoms with van der Waals surface area (Å²) in [5, 5.41) is 5.13. The van der Waals surface area contributed by atoms with Crippen molar-refractivity contribution in [1.29, 1.82) is 0 Å². The van der Waals surface area contributed by atoms with Gasteiger partial charge in [-0.15, -0.1) is 0 Å². The number of benzene rings is 2. The number of hydrogen-bond acceptors (Lipinski definition) is 5. The number of rotatable bonds is 5. The number of urea groups is 1. The molecule has 1 heterocycles. The molecule has 0 saturated heterocycles. The van der Waals surface area contributed by atoms with E-state index in [-0.39, 0.29) is 17.1 Å². The molecule has 0 aliphatic carbocycles. The fraction of sp³-hybridized carbons (Fsp3) is 0.300. The van der Waals surface area contributed by atoms with Crippen molar-refractivity contribution in [3.05, 3.63) is 52.8 Å². The molecule has 7 nitrogen and oxygen atoms in total. The van der Waals surface area contributed by atoms with Gasteiger partial charge in [0, 0.05) is 28.9 Å². The number of imide groups is 1. The number of halogens is 2. The van der Waals surface area contributed by atoms with Gasteiger partial charge in [-0.3, -0.25) is 15.0 Å². The Balaban J connectivity index is 1.56. The Hall–Kier alpha value is -2.84. The van der Waals surface area contributed by atoms with Crippen LogP contribution in [0.3, 0.4) is 0 Å². The zero-order chi connectivity index (χ0) is 21.0. The number of fused-ring (bicyclic) bond motifs is 1. The van der Waals surface area contributed by atoms with Gasteiger partial charge in [0.05, 0.1) is 6.04 Å². The Kier molecular flexibility index (Phi) is 6.56. The summed E-state index contributed by atoms with van der Waals surface area (Å²) in [5.41, 5.74) is 0.746. The van der Waals surface area contributed by atoms with E-state index < -0.39 is 23.8 Å². The van der Waals surface area contributed by atoms with Crippen molar-refractivity contribution in [2.75, 3.05) is 25.6 Å². The molecule has 9 heteroatoms. The maximum atomic E-state index is 14.0. The molecule has 29 heavy (non-hydrogen) atoms. The van der Waals surface area contributed by atoms with Gasteiger partial charge in [0.2, 0.25) is 5.91 Å². The van der Waals surface area contributed by atoms with Crippen LogP contribution in [0.25, 0.3) is 0 Å². The first-order chi connectivity index (χ1) is 13.8. The van der Waals surface area contributed by atoms with E-state index in [2.05, 4.69) is 10.6 Å². The van der Waals surface area contributed by atoms with Crippen LogP contribution in [0.2, 0.25) is 5.02 Å². The van der Waals surface area contributed by atoms with Crippen LogP contribution in [0.4, 0.5) is 14.9 Å². The summed E-state index contributed by atoms with van der Waals surface area (Å²) in [5.74, 6) is 0.138. The van der Waals surface area contributed by atoms with E-state index in [1.165, 1.54) is 12.1 Å². The Morgan fingerprint density at radius 2 is 1.93 bits per heavy atom. The summed E-state index contributed by atoms with van der Waals surface area (Å²) in [6, 6.07) is 7.97. The molecule has 1 unspecified atom stereocenters. The van der Waals surface area contributed by atoms with Crippen LogP contribution in [-0.4, -0.2) is 43.1 Å². The molecule has 0 saturated carbocycles. The van der Waals surface area contributed by atoms with Crippen LogP contribution >= 0.6 is 11.6 Å². The minimum absolute atomic E-state index is 0.115. The standard InChI is InChI=1S/C20H21ClFN3O4/c1-12(25(2)11-14-15(21)4-3-5-16(14)22)19(26)24-20(27)23-13-6-7-17-18(10-13)29-9-8-28-17/h3-7,10,12H,8-9,11H2,1-2H3,(H2,23,24,26,27). The molecule has 0 spiro atoms. The van der Waals surface area contributed by atoms with Gasteiger partial charge in [-0.1, -0.05) is 17.7 Å². The van der Waals surface area contributed by atoms with E-state index >= 15 is 0 Å². The molecule has 1 atom stereocenters. The predicted molar refractivity (Wildman–Crippen MR) is 107 cm³/mol. The van der Waals surface area contributed by atoms with E-state index in [0.717, 1.165) is 0 Å². The highest BCUT2D eigenvalue weighted by Crippen LogP contribution is 2.32. The number of likely N-dealkylation sites (N-methyl/N-ethyl adjacent to an activating group) is 1. The monoisotopic (exact) mass is 421 g/mol. The zero-order valence-electron chi connectivity index (χ0n) is 16.0. The van der Waals surface area contributed by atoms with Gasteiger partial charge < -0.3 is 14.8 Å². The van der Waals surface area contributed by atoms with Crippen molar-refractivity contribution in [3.63, 3.8) is 0 Å². The average molecular weight is 422 g/mol. The molecule has 0 aromatic heterocycles. The topological polar surface area (TPSA) is 79.9 Å². The first-order valence-electron chi connectivity index (χ1n) is 9.00. The number of carbonyl (C=O) groups is 2. The van der Waals surface area contributed by atoms with Gasteiger partial charge in [-0.25, -0.2) is 9.18 Å². The van der Waals surface area contributed by atoms with E-state index in [9.17, 15) is 14.0 Å². The summed E-state index contributed by atoms with van der Waals surface area (Å²) in [6.45, 7) is 2.63. The van der Waals surface area contributed by atoms with E-state index in [1.54, 1.807) is 43.1 Å². The van der Waals surface area contributed by atoms with E-state index in [1.807, 2.05) is 0 Å². The Morgan fingerprint density at radius 1 is 1.21 bits per heavy atom. The van der Waals surface area contributed by atoms with Crippen LogP contribution in [0.5, 0.6) is 11.5 Å². The van der Waals surface area contributed by atoms with Gasteiger partial charge in [0.1, 0.15) is 19.0 Å². The molecule has 0 bridgehead atoms. The number of amides is 3. The third kappa shape index (κ3) is 5.16. The normalized spacial score (nSPS) is 13.7. The van der Waals surface area contributed by atoms with Gasteiger partial charge in [-0.2, -0.15) is 0 Å². The highest BCUT2D eigenvalue weighted by Gasteiger charge is 2.22. The molecule has 2 aromatic rings. The Labute approximate surface area is 172 Å². The van der Waals surface area contributed by atoms with Gasteiger partial charge in [-0.05, 0) is 38.2 Å². The lowest BCUT2D eigenvalue weighted by atomic mass is 10.1. The first-order valence-corrected chi connectivity index (χ1v) is 9.37. The summed E-state index contributed by atoms with van der Waals surface area (Å²) < 4.78 is 24.8. The minimum atomic E-state index is -0.698.